The van der Waals surface area contributed by atoms with Crippen LogP contribution in [0.5, 0.6) is 0 Å². The van der Waals surface area contributed by atoms with Gasteiger partial charge in [-0.3, -0.25) is 9.69 Å². The van der Waals surface area contributed by atoms with E-state index in [4.69, 9.17) is 4.98 Å². The lowest BCUT2D eigenvalue weighted by Gasteiger charge is -2.31. The molecule has 1 aliphatic heterocycles. The van der Waals surface area contributed by atoms with Crippen LogP contribution < -0.4 is 5.32 Å². The standard InChI is InChI=1S/C22H27N5OS/c1-16(2)20-15-29-21(25-20)14-26-10-4-6-17(13-26)22(28)24-18-7-3-8-19(12-18)27-11-5-9-23-27/h3,5,7-9,11-12,15-17H,4,6,10,13-14H2,1-2H3,(H,24,28)/t17-/m1/s1. The molecular weight excluding hydrogens is 382 g/mol. The number of anilines is 1. The van der Waals surface area contributed by atoms with Crippen molar-refractivity contribution in [3.63, 3.8) is 0 Å². The van der Waals surface area contributed by atoms with Crippen molar-refractivity contribution in [3.05, 3.63) is 58.8 Å². The molecule has 1 saturated heterocycles. The van der Waals surface area contributed by atoms with Gasteiger partial charge < -0.3 is 5.32 Å². The van der Waals surface area contributed by atoms with Crippen molar-refractivity contribution in [3.8, 4) is 5.69 Å². The molecule has 4 rings (SSSR count). The van der Waals surface area contributed by atoms with Gasteiger partial charge >= 0.3 is 0 Å². The Morgan fingerprint density at radius 1 is 1.34 bits per heavy atom. The maximum atomic E-state index is 12.9. The molecule has 152 valence electrons. The number of nitrogens with zero attached hydrogens (tertiary/aromatic N) is 4. The summed E-state index contributed by atoms with van der Waals surface area (Å²) in [4.78, 5) is 20.0. The maximum Gasteiger partial charge on any atom is 0.228 e. The molecular formula is C22H27N5OS. The molecule has 0 saturated carbocycles. The minimum absolute atomic E-state index is 0.00152. The van der Waals surface area contributed by atoms with E-state index in [1.54, 1.807) is 22.2 Å². The quantitative estimate of drug-likeness (QED) is 0.659. The fourth-order valence-corrected chi connectivity index (χ4v) is 4.66. The molecule has 2 aromatic heterocycles. The number of hydrogen-bond acceptors (Lipinski definition) is 5. The zero-order chi connectivity index (χ0) is 20.2. The Morgan fingerprint density at radius 3 is 3.00 bits per heavy atom. The monoisotopic (exact) mass is 409 g/mol. The van der Waals surface area contributed by atoms with Crippen LogP contribution >= 0.6 is 11.3 Å². The Hall–Kier alpha value is -2.51. The summed E-state index contributed by atoms with van der Waals surface area (Å²) in [6.45, 7) is 6.97. The van der Waals surface area contributed by atoms with Gasteiger partial charge in [0.25, 0.3) is 0 Å². The van der Waals surface area contributed by atoms with Gasteiger partial charge in [-0.25, -0.2) is 9.67 Å². The molecule has 1 aliphatic rings. The molecule has 3 heterocycles. The Bertz CT molecular complexity index is 950. The van der Waals surface area contributed by atoms with Gasteiger partial charge in [-0.15, -0.1) is 11.3 Å². The van der Waals surface area contributed by atoms with Crippen LogP contribution in [0.15, 0.2) is 48.1 Å². The first-order valence-electron chi connectivity index (χ1n) is 10.2. The Morgan fingerprint density at radius 2 is 2.24 bits per heavy atom. The number of amides is 1. The first-order valence-corrected chi connectivity index (χ1v) is 11.0. The minimum Gasteiger partial charge on any atom is -0.326 e. The molecule has 0 radical (unpaired) electrons. The molecule has 1 fully saturated rings. The SMILES string of the molecule is CC(C)c1csc(CN2CCC[C@@H](C(=O)Nc3cccc(-n4cccn4)c3)C2)n1. The third kappa shape index (κ3) is 4.92. The molecule has 1 aromatic carbocycles. The van der Waals surface area contributed by atoms with Gasteiger partial charge in [0.2, 0.25) is 5.91 Å². The maximum absolute atomic E-state index is 12.9. The first kappa shape index (κ1) is 19.8. The zero-order valence-corrected chi connectivity index (χ0v) is 17.7. The van der Waals surface area contributed by atoms with Gasteiger partial charge in [-0.2, -0.15) is 5.10 Å². The smallest absolute Gasteiger partial charge is 0.228 e. The van der Waals surface area contributed by atoms with Crippen molar-refractivity contribution in [2.45, 2.75) is 39.2 Å². The van der Waals surface area contributed by atoms with Gasteiger partial charge in [0.05, 0.1) is 23.8 Å². The van der Waals surface area contributed by atoms with E-state index < -0.39 is 0 Å². The number of thiazole rings is 1. The number of nitrogens with one attached hydrogen (secondary N) is 1. The summed E-state index contributed by atoms with van der Waals surface area (Å²) in [5.74, 6) is 0.549. The van der Waals surface area contributed by atoms with Gasteiger partial charge in [-0.05, 0) is 49.6 Å². The zero-order valence-electron chi connectivity index (χ0n) is 16.9. The lowest BCUT2D eigenvalue weighted by molar-refractivity contribution is -0.121. The molecule has 0 bridgehead atoms. The van der Waals surface area contributed by atoms with Crippen LogP contribution in [0.2, 0.25) is 0 Å². The van der Waals surface area contributed by atoms with Crippen molar-refractivity contribution in [1.29, 1.82) is 0 Å². The second kappa shape index (κ2) is 8.88. The van der Waals surface area contributed by atoms with E-state index in [0.717, 1.165) is 54.6 Å². The van der Waals surface area contributed by atoms with Crippen molar-refractivity contribution in [1.82, 2.24) is 19.7 Å². The van der Waals surface area contributed by atoms with Crippen LogP contribution in [0, 0.1) is 5.92 Å². The highest BCUT2D eigenvalue weighted by Crippen LogP contribution is 2.24. The predicted molar refractivity (Wildman–Crippen MR) is 116 cm³/mol. The summed E-state index contributed by atoms with van der Waals surface area (Å²) in [6, 6.07) is 9.68. The number of aromatic nitrogens is 3. The highest BCUT2D eigenvalue weighted by Gasteiger charge is 2.26. The summed E-state index contributed by atoms with van der Waals surface area (Å²) in [6.07, 6.45) is 5.60. The average Bonchev–Trinajstić information content (AvgIpc) is 3.41. The average molecular weight is 410 g/mol. The van der Waals surface area contributed by atoms with Crippen molar-refractivity contribution in [2.75, 3.05) is 18.4 Å². The third-order valence-corrected chi connectivity index (χ3v) is 6.13. The summed E-state index contributed by atoms with van der Waals surface area (Å²) in [5.41, 5.74) is 2.90. The van der Waals surface area contributed by atoms with E-state index in [1.807, 2.05) is 36.5 Å². The predicted octanol–water partition coefficient (Wildman–Crippen LogP) is 4.30. The molecule has 29 heavy (non-hydrogen) atoms. The second-order valence-electron chi connectivity index (χ2n) is 7.89. The topological polar surface area (TPSA) is 63.1 Å². The summed E-state index contributed by atoms with van der Waals surface area (Å²) in [5, 5.41) is 10.6. The molecule has 7 heteroatoms. The highest BCUT2D eigenvalue weighted by atomic mass is 32.1. The number of rotatable bonds is 6. The second-order valence-corrected chi connectivity index (χ2v) is 8.83. The van der Waals surface area contributed by atoms with Crippen molar-refractivity contribution < 1.29 is 4.79 Å². The molecule has 1 amide bonds. The van der Waals surface area contributed by atoms with E-state index in [1.165, 1.54) is 0 Å². The molecule has 1 N–H and O–H groups in total. The van der Waals surface area contributed by atoms with Crippen LogP contribution in [0.1, 0.15) is 43.3 Å². The van der Waals surface area contributed by atoms with Crippen LogP contribution in [-0.4, -0.2) is 38.7 Å². The summed E-state index contributed by atoms with van der Waals surface area (Å²) >= 11 is 1.72. The number of benzene rings is 1. The van der Waals surface area contributed by atoms with Crippen LogP contribution in [0.25, 0.3) is 5.69 Å². The molecule has 0 unspecified atom stereocenters. The minimum atomic E-state index is 0.00152. The molecule has 1 atom stereocenters. The number of hydrogen-bond donors (Lipinski definition) is 1. The number of likely N-dealkylation sites (tertiary alicyclic amines) is 1. The molecule has 6 nitrogen and oxygen atoms in total. The van der Waals surface area contributed by atoms with Gasteiger partial charge in [0.15, 0.2) is 0 Å². The summed E-state index contributed by atoms with van der Waals surface area (Å²) < 4.78 is 1.79. The fourth-order valence-electron chi connectivity index (χ4n) is 3.66. The van der Waals surface area contributed by atoms with E-state index in [0.29, 0.717) is 5.92 Å². The Labute approximate surface area is 175 Å². The first-order chi connectivity index (χ1) is 14.1. The van der Waals surface area contributed by atoms with Crippen LogP contribution in [0.4, 0.5) is 5.69 Å². The Balaban J connectivity index is 1.37. The third-order valence-electron chi connectivity index (χ3n) is 5.28. The van der Waals surface area contributed by atoms with Crippen molar-refractivity contribution >= 4 is 22.9 Å². The molecule has 0 spiro atoms. The summed E-state index contributed by atoms with van der Waals surface area (Å²) in [7, 11) is 0. The Kier molecular flexibility index (Phi) is 6.06. The van der Waals surface area contributed by atoms with Gasteiger partial charge in [0.1, 0.15) is 5.01 Å². The normalized spacial score (nSPS) is 17.6. The van der Waals surface area contributed by atoms with E-state index in [2.05, 4.69) is 34.5 Å². The number of carbonyl (C=O) groups is 1. The van der Waals surface area contributed by atoms with Crippen molar-refractivity contribution in [2.24, 2.45) is 5.92 Å². The highest BCUT2D eigenvalue weighted by molar-refractivity contribution is 7.09. The largest absolute Gasteiger partial charge is 0.326 e. The lowest BCUT2D eigenvalue weighted by Crippen LogP contribution is -2.40. The number of piperidine rings is 1. The van der Waals surface area contributed by atoms with E-state index in [-0.39, 0.29) is 11.8 Å². The molecule has 3 aromatic rings. The van der Waals surface area contributed by atoms with E-state index in [9.17, 15) is 4.79 Å². The lowest BCUT2D eigenvalue weighted by atomic mass is 9.97. The fraction of sp³-hybridized carbons (Fsp3) is 0.409. The van der Waals surface area contributed by atoms with Crippen LogP contribution in [0.3, 0.4) is 0 Å². The molecule has 0 aliphatic carbocycles. The number of carbonyl (C=O) groups excluding carboxylic acids is 1. The van der Waals surface area contributed by atoms with Crippen LogP contribution in [-0.2, 0) is 11.3 Å². The van der Waals surface area contributed by atoms with E-state index >= 15 is 0 Å². The van der Waals surface area contributed by atoms with Gasteiger partial charge in [-0.1, -0.05) is 19.9 Å². The van der Waals surface area contributed by atoms with Gasteiger partial charge in [0, 0.05) is 30.0 Å².